The summed E-state index contributed by atoms with van der Waals surface area (Å²) >= 11 is 5.90. The minimum Gasteiger partial charge on any atom is -0.333 e. The molecule has 0 radical (unpaired) electrons. The van der Waals surface area contributed by atoms with Gasteiger partial charge in [-0.05, 0) is 29.3 Å². The first-order valence-corrected chi connectivity index (χ1v) is 7.61. The maximum atomic E-state index is 12.1. The van der Waals surface area contributed by atoms with Crippen molar-refractivity contribution in [1.29, 1.82) is 0 Å². The van der Waals surface area contributed by atoms with E-state index >= 15 is 0 Å². The molecule has 0 unspecified atom stereocenters. The number of ketones is 1. The Balaban J connectivity index is 1.66. The number of aromatic nitrogens is 2. The van der Waals surface area contributed by atoms with Gasteiger partial charge in [0.2, 0.25) is 0 Å². The molecule has 0 aliphatic heterocycles. The number of carbonyl (C=O) groups excluding carboxylic acids is 1. The molecule has 0 amide bonds. The molecule has 114 valence electrons. The van der Waals surface area contributed by atoms with E-state index in [0.717, 1.165) is 12.1 Å². The third-order valence-corrected chi connectivity index (χ3v) is 3.68. The number of hydrogen-bond acceptors (Lipinski definition) is 2. The van der Waals surface area contributed by atoms with E-state index in [1.54, 1.807) is 42.9 Å². The maximum absolute atomic E-state index is 12.1. The van der Waals surface area contributed by atoms with E-state index < -0.39 is 0 Å². The Morgan fingerprint density at radius 1 is 1.17 bits per heavy atom. The number of nitrogens with zero attached hydrogens (tertiary/aromatic N) is 2. The normalized spacial score (nSPS) is 11.0. The predicted octanol–water partition coefficient (Wildman–Crippen LogP) is 4.48. The minimum atomic E-state index is -0.0602. The van der Waals surface area contributed by atoms with E-state index in [1.165, 1.54) is 5.56 Å². The Morgan fingerprint density at radius 2 is 2.00 bits per heavy atom. The molecule has 1 aromatic heterocycles. The van der Waals surface area contributed by atoms with Gasteiger partial charge in [-0.1, -0.05) is 54.1 Å². The summed E-state index contributed by atoms with van der Waals surface area (Å²) in [5.41, 5.74) is 2.75. The van der Waals surface area contributed by atoms with Gasteiger partial charge in [0.05, 0.1) is 6.33 Å². The third kappa shape index (κ3) is 4.18. The van der Waals surface area contributed by atoms with Crippen molar-refractivity contribution < 1.29 is 4.79 Å². The van der Waals surface area contributed by atoms with Crippen LogP contribution in [0.15, 0.2) is 73.3 Å². The van der Waals surface area contributed by atoms with Crippen LogP contribution in [-0.2, 0) is 6.54 Å². The lowest BCUT2D eigenvalue weighted by atomic mass is 10.1. The Bertz CT molecular complexity index is 821. The van der Waals surface area contributed by atoms with Crippen molar-refractivity contribution in [3.8, 4) is 0 Å². The Labute approximate surface area is 139 Å². The third-order valence-electron chi connectivity index (χ3n) is 3.44. The Hall–Kier alpha value is -2.65. The Kier molecular flexibility index (Phi) is 4.69. The molecule has 3 aromatic rings. The van der Waals surface area contributed by atoms with Crippen LogP contribution in [0.4, 0.5) is 0 Å². The molecule has 3 nitrogen and oxygen atoms in total. The quantitative estimate of drug-likeness (QED) is 0.512. The second-order valence-electron chi connectivity index (χ2n) is 5.18. The van der Waals surface area contributed by atoms with Crippen LogP contribution < -0.4 is 0 Å². The van der Waals surface area contributed by atoms with E-state index in [2.05, 4.69) is 4.98 Å². The van der Waals surface area contributed by atoms with Crippen LogP contribution in [0.3, 0.4) is 0 Å². The van der Waals surface area contributed by atoms with Gasteiger partial charge < -0.3 is 4.57 Å². The van der Waals surface area contributed by atoms with Crippen LogP contribution in [0.5, 0.6) is 0 Å². The zero-order chi connectivity index (χ0) is 16.1. The van der Waals surface area contributed by atoms with Crippen LogP contribution in [0.1, 0.15) is 21.5 Å². The van der Waals surface area contributed by atoms with Crippen LogP contribution in [0.25, 0.3) is 6.08 Å². The topological polar surface area (TPSA) is 34.9 Å². The average Bonchev–Trinajstić information content (AvgIpc) is 3.07. The lowest BCUT2D eigenvalue weighted by Crippen LogP contribution is -1.96. The fourth-order valence-corrected chi connectivity index (χ4v) is 2.43. The van der Waals surface area contributed by atoms with Crippen molar-refractivity contribution in [3.05, 3.63) is 95.0 Å². The molecule has 23 heavy (non-hydrogen) atoms. The highest BCUT2D eigenvalue weighted by Gasteiger charge is 2.02. The molecule has 4 heteroatoms. The van der Waals surface area contributed by atoms with Gasteiger partial charge in [0, 0.05) is 29.5 Å². The fraction of sp³-hybridized carbons (Fsp3) is 0.0526. The van der Waals surface area contributed by atoms with Gasteiger partial charge in [0.1, 0.15) is 0 Å². The first kappa shape index (κ1) is 15.3. The van der Waals surface area contributed by atoms with Gasteiger partial charge in [-0.2, -0.15) is 0 Å². The zero-order valence-corrected chi connectivity index (χ0v) is 13.1. The SMILES string of the molecule is O=C(/C=C/c1ccc(Cn2ccnc2)cc1)c1cccc(Cl)c1. The summed E-state index contributed by atoms with van der Waals surface area (Å²) in [6.07, 6.45) is 8.86. The molecule has 0 aliphatic carbocycles. The van der Waals surface area contributed by atoms with Crippen molar-refractivity contribution >= 4 is 23.5 Å². The van der Waals surface area contributed by atoms with Gasteiger partial charge >= 0.3 is 0 Å². The van der Waals surface area contributed by atoms with Crippen LogP contribution >= 0.6 is 11.6 Å². The molecule has 0 saturated heterocycles. The zero-order valence-electron chi connectivity index (χ0n) is 12.4. The smallest absolute Gasteiger partial charge is 0.185 e. The van der Waals surface area contributed by atoms with Gasteiger partial charge in [-0.3, -0.25) is 4.79 Å². The van der Waals surface area contributed by atoms with Crippen molar-refractivity contribution in [1.82, 2.24) is 9.55 Å². The van der Waals surface area contributed by atoms with Crippen molar-refractivity contribution in [2.24, 2.45) is 0 Å². The largest absolute Gasteiger partial charge is 0.333 e. The number of imidazole rings is 1. The Morgan fingerprint density at radius 3 is 2.70 bits per heavy atom. The lowest BCUT2D eigenvalue weighted by molar-refractivity contribution is 0.104. The van der Waals surface area contributed by atoms with Crippen LogP contribution in [-0.4, -0.2) is 15.3 Å². The minimum absolute atomic E-state index is 0.0602. The average molecular weight is 323 g/mol. The lowest BCUT2D eigenvalue weighted by Gasteiger charge is -2.03. The van der Waals surface area contributed by atoms with E-state index in [9.17, 15) is 4.79 Å². The molecule has 0 aliphatic rings. The summed E-state index contributed by atoms with van der Waals surface area (Å²) in [6.45, 7) is 0.783. The summed E-state index contributed by atoms with van der Waals surface area (Å²) < 4.78 is 2.01. The summed E-state index contributed by atoms with van der Waals surface area (Å²) in [5, 5.41) is 0.563. The van der Waals surface area contributed by atoms with E-state index in [4.69, 9.17) is 11.6 Å². The number of carbonyl (C=O) groups is 1. The molecule has 0 N–H and O–H groups in total. The second kappa shape index (κ2) is 7.07. The molecule has 1 heterocycles. The van der Waals surface area contributed by atoms with E-state index in [1.807, 2.05) is 41.1 Å². The molecular weight excluding hydrogens is 308 g/mol. The van der Waals surface area contributed by atoms with Crippen LogP contribution in [0, 0.1) is 0 Å². The predicted molar refractivity (Wildman–Crippen MR) is 92.6 cm³/mol. The standard InChI is InChI=1S/C19H15ClN2O/c20-18-3-1-2-17(12-18)19(23)9-8-15-4-6-16(7-5-15)13-22-11-10-21-14-22/h1-12,14H,13H2/b9-8+. The molecule has 0 atom stereocenters. The first-order valence-electron chi connectivity index (χ1n) is 7.23. The molecule has 2 aromatic carbocycles. The number of rotatable bonds is 5. The highest BCUT2D eigenvalue weighted by molar-refractivity contribution is 6.31. The van der Waals surface area contributed by atoms with Gasteiger partial charge in [-0.25, -0.2) is 4.98 Å². The van der Waals surface area contributed by atoms with Gasteiger partial charge in [0.25, 0.3) is 0 Å². The molecule has 0 spiro atoms. The summed E-state index contributed by atoms with van der Waals surface area (Å²) in [6, 6.07) is 15.0. The maximum Gasteiger partial charge on any atom is 0.185 e. The summed E-state index contributed by atoms with van der Waals surface area (Å²) in [4.78, 5) is 16.1. The number of benzene rings is 2. The first-order chi connectivity index (χ1) is 11.2. The molecule has 0 bridgehead atoms. The summed E-state index contributed by atoms with van der Waals surface area (Å²) in [7, 11) is 0. The number of halogens is 1. The second-order valence-corrected chi connectivity index (χ2v) is 5.62. The number of allylic oxidation sites excluding steroid dienone is 1. The number of hydrogen-bond donors (Lipinski definition) is 0. The molecular formula is C19H15ClN2O. The van der Waals surface area contributed by atoms with E-state index in [-0.39, 0.29) is 5.78 Å². The van der Waals surface area contributed by atoms with E-state index in [0.29, 0.717) is 10.6 Å². The molecule has 0 saturated carbocycles. The molecule has 3 rings (SSSR count). The molecule has 0 fully saturated rings. The van der Waals surface area contributed by atoms with Gasteiger partial charge in [-0.15, -0.1) is 0 Å². The van der Waals surface area contributed by atoms with Crippen LogP contribution in [0.2, 0.25) is 5.02 Å². The van der Waals surface area contributed by atoms with Gasteiger partial charge in [0.15, 0.2) is 5.78 Å². The van der Waals surface area contributed by atoms with Crippen molar-refractivity contribution in [3.63, 3.8) is 0 Å². The fourth-order valence-electron chi connectivity index (χ4n) is 2.24. The highest BCUT2D eigenvalue weighted by Crippen LogP contribution is 2.13. The highest BCUT2D eigenvalue weighted by atomic mass is 35.5. The summed E-state index contributed by atoms with van der Waals surface area (Å²) in [5.74, 6) is -0.0602. The van der Waals surface area contributed by atoms with Crippen molar-refractivity contribution in [2.45, 2.75) is 6.54 Å². The monoisotopic (exact) mass is 322 g/mol. The van der Waals surface area contributed by atoms with Crippen molar-refractivity contribution in [2.75, 3.05) is 0 Å².